The Morgan fingerprint density at radius 2 is 2.06 bits per heavy atom. The van der Waals surface area contributed by atoms with E-state index >= 15 is 0 Å². The van der Waals surface area contributed by atoms with E-state index in [1.54, 1.807) is 0 Å². The van der Waals surface area contributed by atoms with Crippen LogP contribution >= 0.6 is 0 Å². The second-order valence-corrected chi connectivity index (χ2v) is 4.54. The predicted molar refractivity (Wildman–Crippen MR) is 72.1 cm³/mol. The minimum absolute atomic E-state index is 0.569. The summed E-state index contributed by atoms with van der Waals surface area (Å²) in [5.41, 5.74) is 9.67. The zero-order valence-corrected chi connectivity index (χ0v) is 11.0. The summed E-state index contributed by atoms with van der Waals surface area (Å²) in [6, 6.07) is 7.21. The number of aryl methyl sites for hydroxylation is 1. The molecule has 2 nitrogen and oxygen atoms in total. The first-order chi connectivity index (χ1) is 7.60. The molecular weight excluding hydrogens is 196 g/mol. The molecule has 90 valence electrons. The SMILES string of the molecule is CCC(C)N(C)c1ccc(C)cc1CCN. The van der Waals surface area contributed by atoms with Crippen LogP contribution in [0.1, 0.15) is 31.4 Å². The van der Waals surface area contributed by atoms with E-state index in [0.29, 0.717) is 12.6 Å². The van der Waals surface area contributed by atoms with E-state index in [9.17, 15) is 0 Å². The van der Waals surface area contributed by atoms with Crippen molar-refractivity contribution in [2.45, 2.75) is 39.7 Å². The number of nitrogens with zero attached hydrogens (tertiary/aromatic N) is 1. The van der Waals surface area contributed by atoms with Crippen LogP contribution in [-0.2, 0) is 6.42 Å². The van der Waals surface area contributed by atoms with Crippen molar-refractivity contribution in [3.05, 3.63) is 29.3 Å². The third kappa shape index (κ3) is 2.99. The van der Waals surface area contributed by atoms with Crippen LogP contribution in [0, 0.1) is 6.92 Å². The van der Waals surface area contributed by atoms with Crippen molar-refractivity contribution in [2.75, 3.05) is 18.5 Å². The highest BCUT2D eigenvalue weighted by Crippen LogP contribution is 2.23. The van der Waals surface area contributed by atoms with Gasteiger partial charge in [0.1, 0.15) is 0 Å². The Bertz CT molecular complexity index is 334. The number of rotatable bonds is 5. The first-order valence-corrected chi connectivity index (χ1v) is 6.12. The summed E-state index contributed by atoms with van der Waals surface area (Å²) < 4.78 is 0. The summed E-state index contributed by atoms with van der Waals surface area (Å²) in [7, 11) is 2.17. The van der Waals surface area contributed by atoms with Crippen LogP contribution in [0.2, 0.25) is 0 Å². The van der Waals surface area contributed by atoms with Crippen LogP contribution < -0.4 is 10.6 Å². The molecule has 0 bridgehead atoms. The third-order valence-electron chi connectivity index (χ3n) is 3.28. The standard InChI is InChI=1S/C14H24N2/c1-5-12(3)16(4)14-7-6-11(2)10-13(14)8-9-15/h6-7,10,12H,5,8-9,15H2,1-4H3. The average Bonchev–Trinajstić information content (AvgIpc) is 2.28. The lowest BCUT2D eigenvalue weighted by Crippen LogP contribution is -2.29. The maximum Gasteiger partial charge on any atom is 0.0399 e. The summed E-state index contributed by atoms with van der Waals surface area (Å²) in [5.74, 6) is 0. The first kappa shape index (κ1) is 13.0. The van der Waals surface area contributed by atoms with E-state index in [1.807, 2.05) is 0 Å². The number of benzene rings is 1. The Labute approximate surface area is 99.5 Å². The van der Waals surface area contributed by atoms with Crippen molar-refractivity contribution in [2.24, 2.45) is 5.73 Å². The Balaban J connectivity index is 3.01. The molecule has 16 heavy (non-hydrogen) atoms. The molecule has 2 heteroatoms. The van der Waals surface area contributed by atoms with Crippen LogP contribution in [0.5, 0.6) is 0 Å². The Morgan fingerprint density at radius 3 is 2.62 bits per heavy atom. The lowest BCUT2D eigenvalue weighted by atomic mass is 10.0. The molecule has 0 spiro atoms. The average molecular weight is 220 g/mol. The summed E-state index contributed by atoms with van der Waals surface area (Å²) in [4.78, 5) is 2.35. The Morgan fingerprint density at radius 1 is 1.38 bits per heavy atom. The van der Waals surface area contributed by atoms with Gasteiger partial charge < -0.3 is 10.6 Å². The highest BCUT2D eigenvalue weighted by atomic mass is 15.1. The molecule has 1 rings (SSSR count). The highest BCUT2D eigenvalue weighted by Gasteiger charge is 2.11. The molecule has 0 aliphatic heterocycles. The van der Waals surface area contributed by atoms with Crippen LogP contribution in [0.15, 0.2) is 18.2 Å². The van der Waals surface area contributed by atoms with Gasteiger partial charge in [0.05, 0.1) is 0 Å². The largest absolute Gasteiger partial charge is 0.372 e. The van der Waals surface area contributed by atoms with Gasteiger partial charge in [-0.15, -0.1) is 0 Å². The van der Waals surface area contributed by atoms with E-state index in [0.717, 1.165) is 12.8 Å². The molecule has 1 atom stereocenters. The van der Waals surface area contributed by atoms with Gasteiger partial charge in [0.2, 0.25) is 0 Å². The molecule has 1 aromatic carbocycles. The zero-order chi connectivity index (χ0) is 12.1. The lowest BCUT2D eigenvalue weighted by molar-refractivity contribution is 0.661. The van der Waals surface area contributed by atoms with Crippen LogP contribution in [0.4, 0.5) is 5.69 Å². The monoisotopic (exact) mass is 220 g/mol. The van der Waals surface area contributed by atoms with Crippen LogP contribution in [-0.4, -0.2) is 19.6 Å². The summed E-state index contributed by atoms with van der Waals surface area (Å²) in [6.07, 6.45) is 2.12. The first-order valence-electron chi connectivity index (χ1n) is 6.12. The normalized spacial score (nSPS) is 12.6. The fraction of sp³-hybridized carbons (Fsp3) is 0.571. The highest BCUT2D eigenvalue weighted by molar-refractivity contribution is 5.55. The van der Waals surface area contributed by atoms with E-state index in [1.165, 1.54) is 16.8 Å². The fourth-order valence-electron chi connectivity index (χ4n) is 1.93. The minimum atomic E-state index is 0.569. The topological polar surface area (TPSA) is 29.3 Å². The second kappa shape index (κ2) is 5.90. The number of hydrogen-bond acceptors (Lipinski definition) is 2. The van der Waals surface area contributed by atoms with E-state index in [4.69, 9.17) is 5.73 Å². The zero-order valence-electron chi connectivity index (χ0n) is 11.0. The van der Waals surface area contributed by atoms with Gasteiger partial charge in [-0.1, -0.05) is 24.6 Å². The molecular formula is C14H24N2. The molecule has 1 aromatic rings. The molecule has 0 aliphatic rings. The number of nitrogens with two attached hydrogens (primary N) is 1. The number of anilines is 1. The van der Waals surface area contributed by atoms with Gasteiger partial charge in [0, 0.05) is 18.8 Å². The Kier molecular flexibility index (Phi) is 4.81. The summed E-state index contributed by atoms with van der Waals surface area (Å²) in [6.45, 7) is 7.32. The van der Waals surface area contributed by atoms with Crippen LogP contribution in [0.3, 0.4) is 0 Å². The van der Waals surface area contributed by atoms with Gasteiger partial charge in [-0.2, -0.15) is 0 Å². The fourth-order valence-corrected chi connectivity index (χ4v) is 1.93. The van der Waals surface area contributed by atoms with Gasteiger partial charge in [-0.25, -0.2) is 0 Å². The molecule has 1 unspecified atom stereocenters. The van der Waals surface area contributed by atoms with Crippen molar-refractivity contribution in [1.29, 1.82) is 0 Å². The molecule has 0 heterocycles. The molecule has 0 saturated carbocycles. The van der Waals surface area contributed by atoms with Gasteiger partial charge in [-0.3, -0.25) is 0 Å². The molecule has 0 aromatic heterocycles. The van der Waals surface area contributed by atoms with Crippen molar-refractivity contribution < 1.29 is 0 Å². The van der Waals surface area contributed by atoms with E-state index in [-0.39, 0.29) is 0 Å². The van der Waals surface area contributed by atoms with Crippen molar-refractivity contribution in [1.82, 2.24) is 0 Å². The van der Waals surface area contributed by atoms with E-state index in [2.05, 4.69) is 50.9 Å². The van der Waals surface area contributed by atoms with Gasteiger partial charge in [0.25, 0.3) is 0 Å². The molecule has 0 saturated heterocycles. The number of hydrogen-bond donors (Lipinski definition) is 1. The maximum atomic E-state index is 5.67. The van der Waals surface area contributed by atoms with Crippen molar-refractivity contribution in [3.63, 3.8) is 0 Å². The van der Waals surface area contributed by atoms with Gasteiger partial charge >= 0.3 is 0 Å². The lowest BCUT2D eigenvalue weighted by Gasteiger charge is -2.28. The Hall–Kier alpha value is -1.02. The minimum Gasteiger partial charge on any atom is -0.372 e. The van der Waals surface area contributed by atoms with Crippen LogP contribution in [0.25, 0.3) is 0 Å². The third-order valence-corrected chi connectivity index (χ3v) is 3.28. The predicted octanol–water partition coefficient (Wildman–Crippen LogP) is 2.73. The smallest absolute Gasteiger partial charge is 0.0399 e. The van der Waals surface area contributed by atoms with Crippen molar-refractivity contribution in [3.8, 4) is 0 Å². The summed E-state index contributed by atoms with van der Waals surface area (Å²) >= 11 is 0. The van der Waals surface area contributed by atoms with Gasteiger partial charge in [-0.05, 0) is 44.9 Å². The molecule has 0 radical (unpaired) electrons. The summed E-state index contributed by atoms with van der Waals surface area (Å²) in [5, 5.41) is 0. The molecule has 2 N–H and O–H groups in total. The molecule has 0 fully saturated rings. The van der Waals surface area contributed by atoms with Gasteiger partial charge in [0.15, 0.2) is 0 Å². The molecule has 0 aliphatic carbocycles. The maximum absolute atomic E-state index is 5.67. The van der Waals surface area contributed by atoms with E-state index < -0.39 is 0 Å². The quantitative estimate of drug-likeness (QED) is 0.826. The molecule has 0 amide bonds. The second-order valence-electron chi connectivity index (χ2n) is 4.54. The van der Waals surface area contributed by atoms with Crippen molar-refractivity contribution >= 4 is 5.69 Å².